The number of hydrogen-bond acceptors (Lipinski definition) is 4. The van der Waals surface area contributed by atoms with E-state index in [4.69, 9.17) is 11.6 Å². The summed E-state index contributed by atoms with van der Waals surface area (Å²) < 4.78 is 0. The van der Waals surface area contributed by atoms with Crippen LogP contribution < -0.4 is 10.2 Å². The largest absolute Gasteiger partial charge is 0.368 e. The lowest BCUT2D eigenvalue weighted by molar-refractivity contribution is -0.118. The molecule has 7 heteroatoms. The number of hydrogen-bond donors (Lipinski definition) is 1. The van der Waals surface area contributed by atoms with E-state index < -0.39 is 0 Å². The van der Waals surface area contributed by atoms with Crippen LogP contribution in [0, 0.1) is 5.92 Å². The fourth-order valence-electron chi connectivity index (χ4n) is 4.21. The van der Waals surface area contributed by atoms with Gasteiger partial charge in [0.05, 0.1) is 16.8 Å². The molecule has 2 aliphatic rings. The van der Waals surface area contributed by atoms with Gasteiger partial charge in [0, 0.05) is 56.6 Å². The molecule has 0 bridgehead atoms. The van der Waals surface area contributed by atoms with Crippen LogP contribution in [0.1, 0.15) is 35.8 Å². The first kappa shape index (κ1) is 22.4. The Bertz CT molecular complexity index is 1040. The summed E-state index contributed by atoms with van der Waals surface area (Å²) in [6.07, 6.45) is 3.99. The molecular formula is C25H29ClN4O2. The summed E-state index contributed by atoms with van der Waals surface area (Å²) in [6.45, 7) is 7.08. The van der Waals surface area contributed by atoms with Crippen molar-refractivity contribution in [1.82, 2.24) is 9.80 Å². The molecule has 0 radical (unpaired) electrons. The number of nitrogens with zero attached hydrogens (tertiary/aromatic N) is 3. The predicted molar refractivity (Wildman–Crippen MR) is 129 cm³/mol. The average molecular weight is 453 g/mol. The van der Waals surface area contributed by atoms with Crippen molar-refractivity contribution in [3.63, 3.8) is 0 Å². The van der Waals surface area contributed by atoms with Gasteiger partial charge in [0.2, 0.25) is 5.91 Å². The highest BCUT2D eigenvalue weighted by Gasteiger charge is 2.29. The molecule has 1 N–H and O–H groups in total. The number of nitrogens with one attached hydrogen (secondary N) is 1. The second-order valence-electron chi connectivity index (χ2n) is 8.62. The van der Waals surface area contributed by atoms with Gasteiger partial charge in [-0.15, -0.1) is 0 Å². The number of piperazine rings is 1. The molecule has 1 unspecified atom stereocenters. The Hall–Kier alpha value is -2.83. The van der Waals surface area contributed by atoms with E-state index in [0.717, 1.165) is 43.0 Å². The molecule has 2 aliphatic heterocycles. The molecular weight excluding hydrogens is 424 g/mol. The minimum atomic E-state index is -0.0835. The van der Waals surface area contributed by atoms with Crippen LogP contribution in [-0.2, 0) is 4.79 Å². The molecule has 1 saturated heterocycles. The van der Waals surface area contributed by atoms with Crippen molar-refractivity contribution in [2.75, 3.05) is 43.4 Å². The van der Waals surface area contributed by atoms with Crippen molar-refractivity contribution in [3.05, 3.63) is 70.9 Å². The van der Waals surface area contributed by atoms with E-state index in [0.29, 0.717) is 10.7 Å². The van der Waals surface area contributed by atoms with Gasteiger partial charge in [0.15, 0.2) is 0 Å². The Labute approximate surface area is 194 Å². The summed E-state index contributed by atoms with van der Waals surface area (Å²) >= 11 is 6.57. The number of rotatable bonds is 4. The van der Waals surface area contributed by atoms with Crippen LogP contribution in [0.15, 0.2) is 54.7 Å². The van der Waals surface area contributed by atoms with Crippen LogP contribution >= 0.6 is 11.6 Å². The molecule has 4 rings (SSSR count). The number of carbonyl (C=O) groups excluding carboxylic acids is 2. The van der Waals surface area contributed by atoms with Crippen LogP contribution in [0.3, 0.4) is 0 Å². The fourth-order valence-corrected chi connectivity index (χ4v) is 4.51. The Kier molecular flexibility index (Phi) is 6.53. The normalized spacial score (nSPS) is 19.2. The van der Waals surface area contributed by atoms with Crippen LogP contribution in [0.25, 0.3) is 0 Å². The van der Waals surface area contributed by atoms with Crippen LogP contribution in [0.5, 0.6) is 0 Å². The Morgan fingerprint density at radius 1 is 1.09 bits per heavy atom. The number of amides is 2. The molecule has 1 atom stereocenters. The van der Waals surface area contributed by atoms with Gasteiger partial charge in [-0.3, -0.25) is 14.5 Å². The van der Waals surface area contributed by atoms with Gasteiger partial charge < -0.3 is 15.1 Å². The molecule has 168 valence electrons. The van der Waals surface area contributed by atoms with Crippen molar-refractivity contribution < 1.29 is 9.59 Å². The minimum absolute atomic E-state index is 0.0226. The summed E-state index contributed by atoms with van der Waals surface area (Å²) in [5, 5.41) is 3.53. The molecule has 2 heterocycles. The third-order valence-corrected chi connectivity index (χ3v) is 6.41. The van der Waals surface area contributed by atoms with Gasteiger partial charge in [0.25, 0.3) is 5.91 Å². The monoisotopic (exact) mass is 452 g/mol. The van der Waals surface area contributed by atoms with Gasteiger partial charge in [0.1, 0.15) is 0 Å². The van der Waals surface area contributed by atoms with Crippen molar-refractivity contribution >= 4 is 34.8 Å². The van der Waals surface area contributed by atoms with Gasteiger partial charge in [-0.2, -0.15) is 0 Å². The topological polar surface area (TPSA) is 55.9 Å². The zero-order chi connectivity index (χ0) is 22.8. The lowest BCUT2D eigenvalue weighted by Gasteiger charge is -2.39. The van der Waals surface area contributed by atoms with Gasteiger partial charge >= 0.3 is 0 Å². The van der Waals surface area contributed by atoms with Crippen LogP contribution in [0.2, 0.25) is 5.02 Å². The van der Waals surface area contributed by atoms with E-state index in [-0.39, 0.29) is 23.8 Å². The first-order chi connectivity index (χ1) is 15.3. The standard InChI is InChI=1S/C25H29ClN4O2/c1-17(2)24(31)27-18-8-9-23(21(26)16-18)30-14-12-29(13-15-30)22-10-11-28(3)25(32)20-7-5-4-6-19(20)22/h4-11,16-17,22H,12-15H2,1-3H3,(H,27,31). The first-order valence-electron chi connectivity index (χ1n) is 11.0. The molecule has 1 fully saturated rings. The van der Waals surface area contributed by atoms with Gasteiger partial charge in [-0.25, -0.2) is 0 Å². The lowest BCUT2D eigenvalue weighted by atomic mass is 9.98. The van der Waals surface area contributed by atoms with Crippen molar-refractivity contribution in [3.8, 4) is 0 Å². The highest BCUT2D eigenvalue weighted by molar-refractivity contribution is 6.33. The maximum atomic E-state index is 12.7. The number of benzene rings is 2. The molecule has 0 saturated carbocycles. The van der Waals surface area contributed by atoms with Crippen molar-refractivity contribution in [2.45, 2.75) is 19.9 Å². The SMILES string of the molecule is CC(C)C(=O)Nc1ccc(N2CCN(C3C=CN(C)C(=O)c4ccccc43)CC2)c(Cl)c1. The molecule has 32 heavy (non-hydrogen) atoms. The summed E-state index contributed by atoms with van der Waals surface area (Å²) in [5.41, 5.74) is 3.50. The van der Waals surface area contributed by atoms with E-state index in [1.54, 1.807) is 11.9 Å². The molecule has 2 aromatic rings. The third kappa shape index (κ3) is 4.52. The maximum absolute atomic E-state index is 12.7. The van der Waals surface area contributed by atoms with E-state index in [1.165, 1.54) is 0 Å². The van der Waals surface area contributed by atoms with Crippen molar-refractivity contribution in [2.24, 2.45) is 5.92 Å². The Morgan fingerprint density at radius 3 is 2.50 bits per heavy atom. The molecule has 0 aliphatic carbocycles. The molecule has 2 aromatic carbocycles. The lowest BCUT2D eigenvalue weighted by Crippen LogP contribution is -2.47. The summed E-state index contributed by atoms with van der Waals surface area (Å²) in [6, 6.07) is 13.6. The molecule has 6 nitrogen and oxygen atoms in total. The third-order valence-electron chi connectivity index (χ3n) is 6.11. The quantitative estimate of drug-likeness (QED) is 0.747. The Balaban J connectivity index is 1.47. The van der Waals surface area contributed by atoms with Gasteiger partial charge in [-0.1, -0.05) is 43.6 Å². The molecule has 0 aromatic heterocycles. The fraction of sp³-hybridized carbons (Fsp3) is 0.360. The number of fused-ring (bicyclic) bond motifs is 1. The maximum Gasteiger partial charge on any atom is 0.257 e. The summed E-state index contributed by atoms with van der Waals surface area (Å²) in [4.78, 5) is 31.0. The van der Waals surface area contributed by atoms with E-state index >= 15 is 0 Å². The summed E-state index contributed by atoms with van der Waals surface area (Å²) in [7, 11) is 1.80. The smallest absolute Gasteiger partial charge is 0.257 e. The first-order valence-corrected chi connectivity index (χ1v) is 11.4. The Morgan fingerprint density at radius 2 is 1.81 bits per heavy atom. The number of anilines is 2. The second-order valence-corrected chi connectivity index (χ2v) is 9.03. The van der Waals surface area contributed by atoms with Crippen molar-refractivity contribution in [1.29, 1.82) is 0 Å². The van der Waals surface area contributed by atoms with E-state index in [9.17, 15) is 9.59 Å². The van der Waals surface area contributed by atoms with Crippen LogP contribution in [0.4, 0.5) is 11.4 Å². The second kappa shape index (κ2) is 9.35. The highest BCUT2D eigenvalue weighted by atomic mass is 35.5. The predicted octanol–water partition coefficient (Wildman–Crippen LogP) is 4.40. The average Bonchev–Trinajstić information content (AvgIpc) is 2.91. The summed E-state index contributed by atoms with van der Waals surface area (Å²) in [5.74, 6) is -0.0857. The zero-order valence-electron chi connectivity index (χ0n) is 18.7. The number of carbonyl (C=O) groups is 2. The van der Waals surface area contributed by atoms with Crippen LogP contribution in [-0.4, -0.2) is 54.8 Å². The van der Waals surface area contributed by atoms with E-state index in [1.807, 2.05) is 56.4 Å². The number of halogens is 1. The van der Waals surface area contributed by atoms with E-state index in [2.05, 4.69) is 27.3 Å². The zero-order valence-corrected chi connectivity index (χ0v) is 19.5. The minimum Gasteiger partial charge on any atom is -0.368 e. The molecule has 2 amide bonds. The highest BCUT2D eigenvalue weighted by Crippen LogP contribution is 2.33. The van der Waals surface area contributed by atoms with Gasteiger partial charge in [-0.05, 0) is 35.9 Å². The molecule has 0 spiro atoms.